The second-order valence-electron chi connectivity index (χ2n) is 6.70. The summed E-state index contributed by atoms with van der Waals surface area (Å²) in [5.74, 6) is -1.10. The topological polar surface area (TPSA) is 60.4 Å². The van der Waals surface area contributed by atoms with Crippen LogP contribution in [0.2, 0.25) is 0 Å². The average molecular weight is 249 g/mol. The summed E-state index contributed by atoms with van der Waals surface area (Å²) in [5.41, 5.74) is 0.747. The van der Waals surface area contributed by atoms with Gasteiger partial charge in [0.05, 0.1) is 5.56 Å². The summed E-state index contributed by atoms with van der Waals surface area (Å²) in [7, 11) is 0. The molecule has 3 nitrogen and oxygen atoms in total. The van der Waals surface area contributed by atoms with Gasteiger partial charge >= 0.3 is 5.97 Å². The van der Waals surface area contributed by atoms with Crippen LogP contribution < -0.4 is 5.11 Å². The molecule has 1 rings (SSSR count). The maximum Gasteiger partial charge on any atom is 0.336 e. The number of hydrogen-bond donors (Lipinski definition) is 1. The Hall–Kier alpha value is -1.51. The Morgan fingerprint density at radius 1 is 1.00 bits per heavy atom. The van der Waals surface area contributed by atoms with Crippen molar-refractivity contribution in [2.45, 2.75) is 52.4 Å². The quantitative estimate of drug-likeness (QED) is 0.832. The van der Waals surface area contributed by atoms with Crippen molar-refractivity contribution in [1.29, 1.82) is 0 Å². The Morgan fingerprint density at radius 2 is 1.33 bits per heavy atom. The third-order valence-corrected chi connectivity index (χ3v) is 2.94. The molecule has 0 radical (unpaired) electrons. The molecule has 0 bridgehead atoms. The van der Waals surface area contributed by atoms with Crippen molar-refractivity contribution in [3.63, 3.8) is 0 Å². The summed E-state index contributed by atoms with van der Waals surface area (Å²) in [6, 6.07) is 2.89. The van der Waals surface area contributed by atoms with Gasteiger partial charge in [-0.2, -0.15) is 0 Å². The number of carboxylic acid groups (broad SMARTS) is 1. The molecule has 0 fully saturated rings. The Kier molecular flexibility index (Phi) is 3.48. The molecule has 100 valence electrons. The summed E-state index contributed by atoms with van der Waals surface area (Å²) >= 11 is 0. The van der Waals surface area contributed by atoms with Crippen LogP contribution in [0.5, 0.6) is 5.75 Å². The molecule has 0 heterocycles. The van der Waals surface area contributed by atoms with Crippen molar-refractivity contribution in [2.24, 2.45) is 0 Å². The van der Waals surface area contributed by atoms with Gasteiger partial charge in [0.15, 0.2) is 0 Å². The van der Waals surface area contributed by atoms with E-state index >= 15 is 0 Å². The first-order valence-electron chi connectivity index (χ1n) is 6.04. The highest BCUT2D eigenvalue weighted by Crippen LogP contribution is 2.36. The van der Waals surface area contributed by atoms with Gasteiger partial charge in [0.25, 0.3) is 0 Å². The van der Waals surface area contributed by atoms with Crippen LogP contribution in [0.25, 0.3) is 0 Å². The predicted molar refractivity (Wildman–Crippen MR) is 70.2 cm³/mol. The van der Waals surface area contributed by atoms with Crippen LogP contribution in [0.4, 0.5) is 0 Å². The lowest BCUT2D eigenvalue weighted by atomic mass is 9.76. The van der Waals surface area contributed by atoms with Crippen LogP contribution in [-0.2, 0) is 10.8 Å². The van der Waals surface area contributed by atoms with Gasteiger partial charge < -0.3 is 10.2 Å². The van der Waals surface area contributed by atoms with E-state index in [-0.39, 0.29) is 22.1 Å². The normalized spacial score (nSPS) is 12.6. The van der Waals surface area contributed by atoms with Gasteiger partial charge in [0, 0.05) is 0 Å². The van der Waals surface area contributed by atoms with E-state index in [4.69, 9.17) is 0 Å². The van der Waals surface area contributed by atoms with Crippen LogP contribution in [0.1, 0.15) is 63.0 Å². The van der Waals surface area contributed by atoms with Crippen molar-refractivity contribution in [3.05, 3.63) is 28.8 Å². The molecule has 1 aromatic carbocycles. The fraction of sp³-hybridized carbons (Fsp3) is 0.533. The highest BCUT2D eigenvalue weighted by Gasteiger charge is 2.28. The van der Waals surface area contributed by atoms with E-state index in [0.717, 1.165) is 0 Å². The van der Waals surface area contributed by atoms with Crippen molar-refractivity contribution in [1.82, 2.24) is 0 Å². The molecule has 0 saturated heterocycles. The van der Waals surface area contributed by atoms with Crippen molar-refractivity contribution < 1.29 is 15.0 Å². The third-order valence-electron chi connectivity index (χ3n) is 2.94. The molecule has 1 aromatic rings. The van der Waals surface area contributed by atoms with Crippen LogP contribution >= 0.6 is 0 Å². The molecule has 0 aliphatic heterocycles. The molecule has 3 heteroatoms. The van der Waals surface area contributed by atoms with E-state index in [9.17, 15) is 15.0 Å². The van der Waals surface area contributed by atoms with Crippen molar-refractivity contribution >= 4 is 5.97 Å². The average Bonchev–Trinajstić information content (AvgIpc) is 2.12. The number of carboxylic acids is 1. The van der Waals surface area contributed by atoms with Crippen LogP contribution in [0.3, 0.4) is 0 Å². The van der Waals surface area contributed by atoms with Gasteiger partial charge in [0.1, 0.15) is 0 Å². The minimum absolute atomic E-state index is 0.130. The molecule has 0 spiro atoms. The Labute approximate surface area is 108 Å². The number of benzene rings is 1. The SMILES string of the molecule is CC(C)(C)c1cc([O-])cc(C(C)(C)C)c1C(=O)O. The van der Waals surface area contributed by atoms with Crippen LogP contribution in [0, 0.1) is 0 Å². The van der Waals surface area contributed by atoms with Gasteiger partial charge in [-0.15, -0.1) is 5.75 Å². The second kappa shape index (κ2) is 4.30. The summed E-state index contributed by atoms with van der Waals surface area (Å²) in [4.78, 5) is 11.5. The van der Waals surface area contributed by atoms with Crippen molar-refractivity contribution in [2.75, 3.05) is 0 Å². The molecule has 0 amide bonds. The summed E-state index contributed by atoms with van der Waals surface area (Å²) in [5, 5.41) is 21.2. The number of carbonyl (C=O) groups is 1. The Morgan fingerprint density at radius 3 is 1.56 bits per heavy atom. The lowest BCUT2D eigenvalue weighted by molar-refractivity contribution is -0.268. The molecule has 0 atom stereocenters. The smallest absolute Gasteiger partial charge is 0.336 e. The zero-order valence-electron chi connectivity index (χ0n) is 11.9. The first kappa shape index (κ1) is 14.6. The zero-order valence-corrected chi connectivity index (χ0v) is 11.9. The standard InChI is InChI=1S/C15H22O3/c1-14(2,3)10-7-9(16)8-11(15(4,5)6)12(10)13(17)18/h7-8,16H,1-6H3,(H,17,18)/p-1. The molecule has 18 heavy (non-hydrogen) atoms. The summed E-state index contributed by atoms with van der Waals surface area (Å²) < 4.78 is 0. The van der Waals surface area contributed by atoms with E-state index in [1.165, 1.54) is 12.1 Å². The monoisotopic (exact) mass is 249 g/mol. The molecule has 0 aliphatic carbocycles. The van der Waals surface area contributed by atoms with E-state index in [0.29, 0.717) is 11.1 Å². The zero-order chi connectivity index (χ0) is 14.3. The highest BCUT2D eigenvalue weighted by atomic mass is 16.4. The predicted octanol–water partition coefficient (Wildman–Crippen LogP) is 3.05. The summed E-state index contributed by atoms with van der Waals surface area (Å²) in [6.45, 7) is 11.5. The first-order chi connectivity index (χ1) is 7.94. The fourth-order valence-electron chi connectivity index (χ4n) is 2.03. The number of aromatic carboxylic acids is 1. The number of hydrogen-bond acceptors (Lipinski definition) is 2. The third kappa shape index (κ3) is 2.84. The molecular formula is C15H21O3-. The van der Waals surface area contributed by atoms with Crippen molar-refractivity contribution in [3.8, 4) is 5.75 Å². The number of rotatable bonds is 1. The first-order valence-corrected chi connectivity index (χ1v) is 6.04. The molecule has 0 saturated carbocycles. The molecule has 0 aliphatic rings. The van der Waals surface area contributed by atoms with E-state index in [1.807, 2.05) is 41.5 Å². The van der Waals surface area contributed by atoms with Crippen LogP contribution in [0.15, 0.2) is 12.1 Å². The molecule has 1 N–H and O–H groups in total. The minimum atomic E-state index is -0.968. The van der Waals surface area contributed by atoms with Crippen LogP contribution in [-0.4, -0.2) is 11.1 Å². The largest absolute Gasteiger partial charge is 0.872 e. The van der Waals surface area contributed by atoms with E-state index in [1.54, 1.807) is 0 Å². The second-order valence-corrected chi connectivity index (χ2v) is 6.70. The van der Waals surface area contributed by atoms with E-state index < -0.39 is 5.97 Å². The summed E-state index contributed by atoms with van der Waals surface area (Å²) in [6.07, 6.45) is 0. The van der Waals surface area contributed by atoms with E-state index in [2.05, 4.69) is 0 Å². The fourth-order valence-corrected chi connectivity index (χ4v) is 2.03. The van der Waals surface area contributed by atoms with Gasteiger partial charge in [-0.25, -0.2) is 4.79 Å². The maximum atomic E-state index is 11.8. The highest BCUT2D eigenvalue weighted by molar-refractivity contribution is 5.92. The minimum Gasteiger partial charge on any atom is -0.872 e. The lowest BCUT2D eigenvalue weighted by Gasteiger charge is -2.30. The molecule has 0 aromatic heterocycles. The van der Waals surface area contributed by atoms with Gasteiger partial charge in [-0.05, 0) is 22.0 Å². The lowest BCUT2D eigenvalue weighted by Crippen LogP contribution is -2.24. The molecular weight excluding hydrogens is 228 g/mol. The maximum absolute atomic E-state index is 11.8. The Bertz CT molecular complexity index is 438. The molecule has 0 unspecified atom stereocenters. The van der Waals surface area contributed by atoms with Gasteiger partial charge in [-0.1, -0.05) is 53.7 Å². The van der Waals surface area contributed by atoms with Gasteiger partial charge in [-0.3, -0.25) is 0 Å². The Balaban J connectivity index is 3.74. The van der Waals surface area contributed by atoms with Gasteiger partial charge in [0.2, 0.25) is 0 Å².